The van der Waals surface area contributed by atoms with Crippen LogP contribution < -0.4 is 0 Å². The average Bonchev–Trinajstić information content (AvgIpc) is 3.04. The molecule has 1 rings (SSSR count). The minimum absolute atomic E-state index is 0.813. The molecular weight excluding hydrogens is 282 g/mol. The van der Waals surface area contributed by atoms with E-state index >= 15 is 0 Å². The van der Waals surface area contributed by atoms with E-state index in [9.17, 15) is 0 Å². The van der Waals surface area contributed by atoms with E-state index in [4.69, 9.17) is 4.74 Å². The highest BCUT2D eigenvalue weighted by Crippen LogP contribution is 2.15. The van der Waals surface area contributed by atoms with Crippen LogP contribution in [-0.4, -0.2) is 19.0 Å². The molecule has 1 heterocycles. The van der Waals surface area contributed by atoms with Crippen molar-refractivity contribution in [2.45, 2.75) is 110 Å². The average molecular weight is 324 g/mol. The molecule has 0 N–H and O–H groups in total. The van der Waals surface area contributed by atoms with Crippen LogP contribution in [0.5, 0.6) is 0 Å². The molecule has 0 radical (unpaired) electrons. The normalized spacial score (nSPS) is 14.3. The van der Waals surface area contributed by atoms with Crippen LogP contribution in [0.25, 0.3) is 0 Å². The fourth-order valence-electron chi connectivity index (χ4n) is 3.30. The lowest BCUT2D eigenvalue weighted by atomic mass is 10.0. The number of ether oxygens (including phenoxy) is 1. The summed E-state index contributed by atoms with van der Waals surface area (Å²) >= 11 is 0. The van der Waals surface area contributed by atoms with Gasteiger partial charge < -0.3 is 4.74 Å². The number of rotatable bonds is 16. The number of hydrogen-bond donors (Lipinski definition) is 0. The van der Waals surface area contributed by atoms with Crippen LogP contribution in [-0.2, 0) is 4.74 Å². The quantitative estimate of drug-likeness (QED) is 0.282. The van der Waals surface area contributed by atoms with Gasteiger partial charge in [-0.2, -0.15) is 0 Å². The number of aliphatic imine (C=N–C) groups is 1. The highest BCUT2D eigenvalue weighted by atomic mass is 16.5. The second kappa shape index (κ2) is 15.0. The van der Waals surface area contributed by atoms with Crippen LogP contribution in [0.1, 0.15) is 110 Å². The second-order valence-corrected chi connectivity index (χ2v) is 7.65. The first-order valence-corrected chi connectivity index (χ1v) is 10.4. The van der Waals surface area contributed by atoms with Crippen LogP contribution in [0.15, 0.2) is 4.99 Å². The third-order valence-corrected chi connectivity index (χ3v) is 4.82. The van der Waals surface area contributed by atoms with Gasteiger partial charge in [0.25, 0.3) is 0 Å². The first-order chi connectivity index (χ1) is 11.3. The summed E-state index contributed by atoms with van der Waals surface area (Å²) in [6.45, 7) is 6.36. The Kier molecular flexibility index (Phi) is 13.4. The molecule has 0 atom stereocenters. The highest BCUT2D eigenvalue weighted by Gasteiger charge is 2.05. The topological polar surface area (TPSA) is 21.6 Å². The van der Waals surface area contributed by atoms with Gasteiger partial charge in [0.05, 0.1) is 6.54 Å². The molecule has 0 amide bonds. The summed E-state index contributed by atoms with van der Waals surface area (Å²) in [5, 5.41) is 0. The first kappa shape index (κ1) is 20.5. The van der Waals surface area contributed by atoms with Crippen LogP contribution >= 0.6 is 0 Å². The van der Waals surface area contributed by atoms with E-state index < -0.39 is 0 Å². The molecule has 0 unspecified atom stereocenters. The van der Waals surface area contributed by atoms with Crippen LogP contribution in [0.2, 0.25) is 0 Å². The van der Waals surface area contributed by atoms with E-state index in [-0.39, 0.29) is 0 Å². The molecule has 0 fully saturated rings. The van der Waals surface area contributed by atoms with E-state index in [2.05, 4.69) is 18.8 Å². The number of hydrogen-bond acceptors (Lipinski definition) is 2. The van der Waals surface area contributed by atoms with Gasteiger partial charge in [-0.15, -0.1) is 0 Å². The molecule has 2 heteroatoms. The Morgan fingerprint density at radius 3 is 1.65 bits per heavy atom. The minimum atomic E-state index is 0.813. The van der Waals surface area contributed by atoms with Crippen molar-refractivity contribution >= 4 is 5.90 Å². The lowest BCUT2D eigenvalue weighted by Gasteiger charge is -2.05. The molecule has 0 aromatic carbocycles. The van der Waals surface area contributed by atoms with E-state index in [0.29, 0.717) is 0 Å². The van der Waals surface area contributed by atoms with Crippen LogP contribution in [0.3, 0.4) is 0 Å². The summed E-state index contributed by atoms with van der Waals surface area (Å²) in [6, 6.07) is 0. The summed E-state index contributed by atoms with van der Waals surface area (Å²) in [4.78, 5) is 4.34. The van der Waals surface area contributed by atoms with Crippen molar-refractivity contribution in [2.24, 2.45) is 10.9 Å². The molecule has 1 aliphatic heterocycles. The van der Waals surface area contributed by atoms with Gasteiger partial charge in [0.15, 0.2) is 5.90 Å². The van der Waals surface area contributed by atoms with Gasteiger partial charge in [0.1, 0.15) is 6.61 Å². The fourth-order valence-corrected chi connectivity index (χ4v) is 3.30. The maximum atomic E-state index is 5.43. The molecule has 23 heavy (non-hydrogen) atoms. The molecule has 2 nitrogen and oxygen atoms in total. The molecule has 0 saturated carbocycles. The fraction of sp³-hybridized carbons (Fsp3) is 0.952. The van der Waals surface area contributed by atoms with Gasteiger partial charge in [0.2, 0.25) is 0 Å². The lowest BCUT2D eigenvalue weighted by Crippen LogP contribution is -1.98. The first-order valence-electron chi connectivity index (χ1n) is 10.4. The van der Waals surface area contributed by atoms with Crippen molar-refractivity contribution < 1.29 is 4.74 Å². The van der Waals surface area contributed by atoms with Crippen molar-refractivity contribution in [3.05, 3.63) is 0 Å². The Morgan fingerprint density at radius 2 is 1.22 bits per heavy atom. The van der Waals surface area contributed by atoms with E-state index in [1.165, 1.54) is 89.9 Å². The zero-order valence-corrected chi connectivity index (χ0v) is 16.0. The SMILES string of the molecule is CC(C)CCCCCCCCCCCCCCCC1=NCCO1. The van der Waals surface area contributed by atoms with Crippen LogP contribution in [0.4, 0.5) is 0 Å². The molecule has 1 aliphatic rings. The third kappa shape index (κ3) is 13.6. The highest BCUT2D eigenvalue weighted by molar-refractivity contribution is 5.77. The molecule has 0 aliphatic carbocycles. The summed E-state index contributed by atoms with van der Waals surface area (Å²) in [6.07, 6.45) is 21.0. The molecule has 0 aromatic rings. The van der Waals surface area contributed by atoms with Gasteiger partial charge in [-0.1, -0.05) is 97.3 Å². The lowest BCUT2D eigenvalue weighted by molar-refractivity contribution is 0.336. The molecule has 0 spiro atoms. The van der Waals surface area contributed by atoms with Crippen molar-refractivity contribution in [1.29, 1.82) is 0 Å². The predicted molar refractivity (Wildman–Crippen MR) is 102 cm³/mol. The minimum Gasteiger partial charge on any atom is -0.479 e. The maximum Gasteiger partial charge on any atom is 0.183 e. The second-order valence-electron chi connectivity index (χ2n) is 7.65. The van der Waals surface area contributed by atoms with Gasteiger partial charge in [-0.3, -0.25) is 4.99 Å². The standard InChI is InChI=1S/C21H41NO/c1-20(2)16-14-12-10-8-6-4-3-5-7-9-11-13-15-17-21-22-18-19-23-21/h20H,3-19H2,1-2H3. The van der Waals surface area contributed by atoms with Gasteiger partial charge in [-0.25, -0.2) is 0 Å². The van der Waals surface area contributed by atoms with Crippen LogP contribution in [0, 0.1) is 5.92 Å². The van der Waals surface area contributed by atoms with E-state index in [0.717, 1.165) is 31.4 Å². The van der Waals surface area contributed by atoms with Gasteiger partial charge in [-0.05, 0) is 12.3 Å². The van der Waals surface area contributed by atoms with Gasteiger partial charge >= 0.3 is 0 Å². The predicted octanol–water partition coefficient (Wildman–Crippen LogP) is 6.92. The van der Waals surface area contributed by atoms with Crippen molar-refractivity contribution in [1.82, 2.24) is 0 Å². The molecule has 0 aromatic heterocycles. The van der Waals surface area contributed by atoms with E-state index in [1.54, 1.807) is 0 Å². The Labute approximate surface area is 145 Å². The Morgan fingerprint density at radius 1 is 0.739 bits per heavy atom. The van der Waals surface area contributed by atoms with Gasteiger partial charge in [0, 0.05) is 6.42 Å². The third-order valence-electron chi connectivity index (χ3n) is 4.82. The molecular formula is C21H41NO. The Bertz CT molecular complexity index is 286. The monoisotopic (exact) mass is 323 g/mol. The van der Waals surface area contributed by atoms with Crippen molar-refractivity contribution in [3.63, 3.8) is 0 Å². The van der Waals surface area contributed by atoms with Crippen molar-refractivity contribution in [3.8, 4) is 0 Å². The summed E-state index contributed by atoms with van der Waals surface area (Å²) < 4.78 is 5.43. The smallest absolute Gasteiger partial charge is 0.183 e. The molecule has 0 bridgehead atoms. The summed E-state index contributed by atoms with van der Waals surface area (Å²) in [7, 11) is 0. The summed E-state index contributed by atoms with van der Waals surface area (Å²) in [5.74, 6) is 1.90. The zero-order chi connectivity index (χ0) is 16.6. The maximum absolute atomic E-state index is 5.43. The Hall–Kier alpha value is -0.530. The van der Waals surface area contributed by atoms with E-state index in [1.807, 2.05) is 0 Å². The zero-order valence-electron chi connectivity index (χ0n) is 16.0. The summed E-state index contributed by atoms with van der Waals surface area (Å²) in [5.41, 5.74) is 0. The Balaban J connectivity index is 1.67. The number of nitrogens with zero attached hydrogens (tertiary/aromatic N) is 1. The molecule has 0 saturated heterocycles. The van der Waals surface area contributed by atoms with Crippen molar-refractivity contribution in [2.75, 3.05) is 13.2 Å². The largest absolute Gasteiger partial charge is 0.479 e. The molecule has 136 valence electrons. The number of unbranched alkanes of at least 4 members (excludes halogenated alkanes) is 12.